The van der Waals surface area contributed by atoms with Gasteiger partial charge < -0.3 is 16.2 Å². The monoisotopic (exact) mass is 470 g/mol. The number of piperidine rings is 1. The van der Waals surface area contributed by atoms with E-state index in [1.54, 1.807) is 0 Å². The number of primary amides is 1. The molecule has 9 atom stereocenters. The maximum atomic E-state index is 12.2. The Morgan fingerprint density at radius 1 is 1.16 bits per heavy atom. The summed E-state index contributed by atoms with van der Waals surface area (Å²) in [5, 5.41) is 11.2. The summed E-state index contributed by atoms with van der Waals surface area (Å²) in [6.07, 6.45) is 10.2. The zero-order chi connectivity index (χ0) is 22.7. The minimum absolute atomic E-state index is 0.0156. The van der Waals surface area contributed by atoms with Crippen LogP contribution in [0.2, 0.25) is 0 Å². The van der Waals surface area contributed by atoms with Crippen molar-refractivity contribution in [1.82, 2.24) is 20.9 Å². The maximum absolute atomic E-state index is 12.2. The predicted molar refractivity (Wildman–Crippen MR) is 127 cm³/mol. The molecule has 0 radical (unpaired) electrons. The smallest absolute Gasteiger partial charge is 0.224 e. The highest BCUT2D eigenvalue weighted by Crippen LogP contribution is 2.41. The van der Waals surface area contributed by atoms with Gasteiger partial charge in [0.2, 0.25) is 5.91 Å². The first-order valence-corrected chi connectivity index (χ1v) is 13.1. The Morgan fingerprint density at radius 2 is 2.00 bits per heavy atom. The number of likely N-dealkylation sites (tertiary alicyclic amines) is 1. The number of rotatable bonds is 6. The Bertz CT molecular complexity index is 627. The van der Waals surface area contributed by atoms with E-state index < -0.39 is 0 Å². The third-order valence-corrected chi connectivity index (χ3v) is 8.87. The van der Waals surface area contributed by atoms with Crippen LogP contribution in [0.25, 0.3) is 0 Å². The van der Waals surface area contributed by atoms with Gasteiger partial charge in [0.25, 0.3) is 0 Å². The average Bonchev–Trinajstić information content (AvgIpc) is 2.79. The number of hydrogen-bond acceptors (Lipinski definition) is 7. The molecule has 2 heterocycles. The second kappa shape index (κ2) is 11.3. The molecule has 7 N–H and O–H groups in total. The first-order chi connectivity index (χ1) is 15.4. The molecule has 184 valence electrons. The van der Waals surface area contributed by atoms with E-state index in [-0.39, 0.29) is 35.7 Å². The lowest BCUT2D eigenvalue weighted by Crippen LogP contribution is -2.72. The Morgan fingerprint density at radius 3 is 2.75 bits per heavy atom. The number of nitrogens with one attached hydrogen (secondary N) is 3. The highest BCUT2D eigenvalue weighted by molar-refractivity contribution is 6.20. The molecule has 2 saturated heterocycles. The Hall–Kier alpha value is -0.480. The summed E-state index contributed by atoms with van der Waals surface area (Å²) in [7, 11) is 1.82. The van der Waals surface area contributed by atoms with Crippen molar-refractivity contribution in [2.75, 3.05) is 26.7 Å². The van der Waals surface area contributed by atoms with Crippen LogP contribution >= 0.6 is 11.6 Å². The molecule has 0 bridgehead atoms. The molecule has 8 nitrogen and oxygen atoms in total. The lowest BCUT2D eigenvalue weighted by atomic mass is 9.71. The van der Waals surface area contributed by atoms with Crippen LogP contribution in [-0.2, 0) is 9.53 Å². The molecule has 2 aliphatic heterocycles. The van der Waals surface area contributed by atoms with Gasteiger partial charge in [-0.25, -0.2) is 0 Å². The number of hydrogen-bond donors (Lipinski definition) is 5. The van der Waals surface area contributed by atoms with E-state index in [1.165, 1.54) is 12.8 Å². The van der Waals surface area contributed by atoms with Crippen LogP contribution in [0.1, 0.15) is 57.8 Å². The maximum Gasteiger partial charge on any atom is 0.224 e. The molecule has 4 fully saturated rings. The molecule has 8 unspecified atom stereocenters. The number of ether oxygens (including phenoxy) is 1. The summed E-state index contributed by atoms with van der Waals surface area (Å²) >= 11 is 6.79. The lowest BCUT2D eigenvalue weighted by molar-refractivity contribution is -0.124. The number of amides is 1. The first-order valence-electron chi connectivity index (χ1n) is 12.7. The van der Waals surface area contributed by atoms with Gasteiger partial charge in [0.15, 0.2) is 0 Å². The molecule has 4 rings (SSSR count). The zero-order valence-electron chi connectivity index (χ0n) is 19.5. The van der Waals surface area contributed by atoms with Crippen molar-refractivity contribution in [3.63, 3.8) is 0 Å². The fourth-order valence-electron chi connectivity index (χ4n) is 6.49. The van der Waals surface area contributed by atoms with E-state index in [0.717, 1.165) is 58.0 Å². The van der Waals surface area contributed by atoms with E-state index in [2.05, 4.69) is 20.9 Å². The average molecular weight is 471 g/mol. The molecule has 9 heteroatoms. The Balaban J connectivity index is 1.38. The Labute approximate surface area is 197 Å². The van der Waals surface area contributed by atoms with Gasteiger partial charge in [-0.1, -0.05) is 12.8 Å². The van der Waals surface area contributed by atoms with Gasteiger partial charge in [-0.2, -0.15) is 0 Å². The summed E-state index contributed by atoms with van der Waals surface area (Å²) in [5.74, 6) is 0.569. The molecular formula is C23H43ClN6O2. The number of alkyl halides is 1. The van der Waals surface area contributed by atoms with Crippen molar-refractivity contribution in [3.8, 4) is 0 Å². The number of nitrogens with two attached hydrogens (primary N) is 2. The molecule has 1 amide bonds. The largest absolute Gasteiger partial charge is 0.381 e. The predicted octanol–water partition coefficient (Wildman–Crippen LogP) is 0.884. The molecule has 0 aromatic carbocycles. The number of nitrogens with zero attached hydrogens (tertiary/aromatic N) is 1. The van der Waals surface area contributed by atoms with Gasteiger partial charge in [-0.05, 0) is 56.8 Å². The molecule has 2 saturated carbocycles. The van der Waals surface area contributed by atoms with Gasteiger partial charge in [0.05, 0.1) is 18.2 Å². The van der Waals surface area contributed by atoms with Gasteiger partial charge in [-0.15, -0.1) is 11.6 Å². The van der Waals surface area contributed by atoms with E-state index in [4.69, 9.17) is 27.8 Å². The molecule has 0 aromatic rings. The Kier molecular flexibility index (Phi) is 8.70. The summed E-state index contributed by atoms with van der Waals surface area (Å²) in [6.45, 7) is 2.45. The summed E-state index contributed by atoms with van der Waals surface area (Å²) in [5.41, 5.74) is 12.0. The van der Waals surface area contributed by atoms with Gasteiger partial charge in [0, 0.05) is 44.2 Å². The summed E-state index contributed by atoms with van der Waals surface area (Å²) in [4.78, 5) is 14.6. The quantitative estimate of drug-likeness (QED) is 0.366. The minimum atomic E-state index is -0.279. The minimum Gasteiger partial charge on any atom is -0.381 e. The van der Waals surface area contributed by atoms with Crippen LogP contribution in [-0.4, -0.2) is 73.6 Å². The normalized spacial score (nSPS) is 44.3. The molecule has 0 aromatic heterocycles. The fraction of sp³-hybridized carbons (Fsp3) is 0.957. The van der Waals surface area contributed by atoms with Crippen molar-refractivity contribution in [3.05, 3.63) is 0 Å². The van der Waals surface area contributed by atoms with Crippen molar-refractivity contribution in [1.29, 1.82) is 0 Å². The second-order valence-corrected chi connectivity index (χ2v) is 11.1. The van der Waals surface area contributed by atoms with Crippen molar-refractivity contribution >= 4 is 17.5 Å². The molecule has 0 spiro atoms. The number of halogens is 1. The third kappa shape index (κ3) is 5.95. The molecule has 2 aliphatic carbocycles. The van der Waals surface area contributed by atoms with E-state index >= 15 is 0 Å². The molecule has 4 aliphatic rings. The summed E-state index contributed by atoms with van der Waals surface area (Å²) in [6, 6.07) is 0.573. The summed E-state index contributed by atoms with van der Waals surface area (Å²) < 4.78 is 5.67. The second-order valence-electron chi connectivity index (χ2n) is 10.5. The first kappa shape index (κ1) is 24.6. The van der Waals surface area contributed by atoms with E-state index in [9.17, 15) is 4.79 Å². The topological polar surface area (TPSA) is 118 Å². The van der Waals surface area contributed by atoms with Gasteiger partial charge in [-0.3, -0.25) is 25.6 Å². The molecule has 32 heavy (non-hydrogen) atoms. The molecular weight excluding hydrogens is 428 g/mol. The SMILES string of the molecule is COC1CCC(Cl)C(C2CCCC(NC3NC(N4CCC[C@H](N)C4)NCC3C(N)=O)C2)C1. The zero-order valence-corrected chi connectivity index (χ0v) is 20.2. The van der Waals surface area contributed by atoms with Crippen LogP contribution in [0.15, 0.2) is 0 Å². The van der Waals surface area contributed by atoms with Crippen LogP contribution < -0.4 is 27.4 Å². The highest BCUT2D eigenvalue weighted by atomic mass is 35.5. The number of carbonyl (C=O) groups excluding carboxylic acids is 1. The van der Waals surface area contributed by atoms with E-state index in [1.807, 2.05) is 7.11 Å². The highest BCUT2D eigenvalue weighted by Gasteiger charge is 2.40. The fourth-order valence-corrected chi connectivity index (χ4v) is 6.93. The van der Waals surface area contributed by atoms with Crippen LogP contribution in [0.4, 0.5) is 0 Å². The van der Waals surface area contributed by atoms with Crippen LogP contribution in [0.5, 0.6) is 0 Å². The van der Waals surface area contributed by atoms with Gasteiger partial charge >= 0.3 is 0 Å². The lowest BCUT2D eigenvalue weighted by Gasteiger charge is -2.46. The number of carbonyl (C=O) groups is 1. The standard InChI is InChI=1S/C23H43ClN6O2/c1-32-17-7-8-20(24)18(11-17)14-4-2-6-16(10-14)28-22-19(21(26)31)12-27-23(29-22)30-9-3-5-15(25)13-30/h14-20,22-23,27-29H,2-13,25H2,1H3,(H2,26,31)/t14?,15-,16?,17?,18?,19?,20?,22?,23?/m0/s1. The van der Waals surface area contributed by atoms with Crippen LogP contribution in [0.3, 0.4) is 0 Å². The number of methoxy groups -OCH3 is 1. The third-order valence-electron chi connectivity index (χ3n) is 8.32. The van der Waals surface area contributed by atoms with Crippen molar-refractivity contribution in [2.45, 2.75) is 93.8 Å². The van der Waals surface area contributed by atoms with Gasteiger partial charge in [0.1, 0.15) is 6.29 Å². The van der Waals surface area contributed by atoms with E-state index in [0.29, 0.717) is 30.5 Å². The van der Waals surface area contributed by atoms with Crippen molar-refractivity contribution in [2.24, 2.45) is 29.2 Å². The van der Waals surface area contributed by atoms with Crippen molar-refractivity contribution < 1.29 is 9.53 Å². The van der Waals surface area contributed by atoms with Crippen LogP contribution in [0, 0.1) is 17.8 Å².